The Morgan fingerprint density at radius 2 is 1.55 bits per heavy atom. The number of aliphatic carboxylic acids is 1. The highest BCUT2D eigenvalue weighted by atomic mass is 16.5. The van der Waals surface area contributed by atoms with E-state index in [4.69, 9.17) is 19.0 Å². The Labute approximate surface area is 168 Å². The van der Waals surface area contributed by atoms with Crippen molar-refractivity contribution in [3.8, 4) is 5.75 Å². The molecule has 0 aliphatic rings. The maximum Gasteiger partial charge on any atom is 0.341 e. The van der Waals surface area contributed by atoms with Gasteiger partial charge in [0.25, 0.3) is 0 Å². The van der Waals surface area contributed by atoms with Crippen molar-refractivity contribution in [3.63, 3.8) is 0 Å². The van der Waals surface area contributed by atoms with Gasteiger partial charge in [-0.25, -0.2) is 4.79 Å². The molecule has 1 heterocycles. The van der Waals surface area contributed by atoms with Crippen LogP contribution in [-0.4, -0.2) is 17.7 Å². The van der Waals surface area contributed by atoms with Crippen LogP contribution in [0.15, 0.2) is 89.3 Å². The van der Waals surface area contributed by atoms with Gasteiger partial charge in [0.2, 0.25) is 0 Å². The molecule has 4 aromatic rings. The van der Waals surface area contributed by atoms with E-state index in [0.717, 1.165) is 16.5 Å². The van der Waals surface area contributed by atoms with Crippen molar-refractivity contribution in [1.29, 1.82) is 0 Å². The third kappa shape index (κ3) is 4.47. The SMILES string of the molecule is O=C(O)COc1cccc2cc(COC(c3ccccc3)c3ccccc3)oc12. The molecule has 0 atom stereocenters. The van der Waals surface area contributed by atoms with Crippen LogP contribution in [0.5, 0.6) is 5.75 Å². The van der Waals surface area contributed by atoms with Crippen molar-refractivity contribution >= 4 is 16.9 Å². The average molecular weight is 388 g/mol. The van der Waals surface area contributed by atoms with Crippen LogP contribution in [0.2, 0.25) is 0 Å². The van der Waals surface area contributed by atoms with Crippen molar-refractivity contribution in [2.45, 2.75) is 12.7 Å². The molecular weight excluding hydrogens is 368 g/mol. The molecule has 4 rings (SSSR count). The number of ether oxygens (including phenoxy) is 2. The molecule has 5 heteroatoms. The Hall–Kier alpha value is -3.57. The fraction of sp³-hybridized carbons (Fsp3) is 0.125. The maximum atomic E-state index is 10.8. The van der Waals surface area contributed by atoms with Gasteiger partial charge in [-0.15, -0.1) is 0 Å². The van der Waals surface area contributed by atoms with E-state index in [0.29, 0.717) is 17.1 Å². The van der Waals surface area contributed by atoms with Crippen LogP contribution in [0.25, 0.3) is 11.0 Å². The van der Waals surface area contributed by atoms with Gasteiger partial charge in [0, 0.05) is 5.39 Å². The monoisotopic (exact) mass is 388 g/mol. The van der Waals surface area contributed by atoms with Gasteiger partial charge in [-0.2, -0.15) is 0 Å². The molecule has 0 aliphatic heterocycles. The first-order valence-electron chi connectivity index (χ1n) is 9.28. The number of carbonyl (C=O) groups is 1. The summed E-state index contributed by atoms with van der Waals surface area (Å²) in [6.07, 6.45) is -0.228. The van der Waals surface area contributed by atoms with Gasteiger partial charge in [-0.05, 0) is 23.3 Å². The van der Waals surface area contributed by atoms with Crippen molar-refractivity contribution in [2.24, 2.45) is 0 Å². The van der Waals surface area contributed by atoms with E-state index in [1.807, 2.05) is 72.8 Å². The first-order chi connectivity index (χ1) is 14.2. The molecular formula is C24H20O5. The van der Waals surface area contributed by atoms with E-state index in [1.54, 1.807) is 12.1 Å². The second-order valence-corrected chi connectivity index (χ2v) is 6.58. The van der Waals surface area contributed by atoms with Gasteiger partial charge in [0.1, 0.15) is 18.5 Å². The van der Waals surface area contributed by atoms with Crippen molar-refractivity contribution in [2.75, 3.05) is 6.61 Å². The van der Waals surface area contributed by atoms with Crippen LogP contribution in [-0.2, 0) is 16.1 Å². The fourth-order valence-electron chi connectivity index (χ4n) is 3.22. The van der Waals surface area contributed by atoms with E-state index in [-0.39, 0.29) is 12.7 Å². The molecule has 0 saturated heterocycles. The predicted molar refractivity (Wildman–Crippen MR) is 109 cm³/mol. The molecule has 0 bridgehead atoms. The quantitative estimate of drug-likeness (QED) is 0.449. The first kappa shape index (κ1) is 18.8. The molecule has 3 aromatic carbocycles. The van der Waals surface area contributed by atoms with E-state index in [1.165, 1.54) is 0 Å². The summed E-state index contributed by atoms with van der Waals surface area (Å²) >= 11 is 0. The maximum absolute atomic E-state index is 10.8. The van der Waals surface area contributed by atoms with Gasteiger partial charge in [-0.1, -0.05) is 72.8 Å². The second kappa shape index (κ2) is 8.63. The number of hydrogen-bond donors (Lipinski definition) is 1. The van der Waals surface area contributed by atoms with Crippen LogP contribution in [0.1, 0.15) is 23.0 Å². The van der Waals surface area contributed by atoms with Gasteiger partial charge in [0.05, 0.1) is 0 Å². The summed E-state index contributed by atoms with van der Waals surface area (Å²) in [7, 11) is 0. The lowest BCUT2D eigenvalue weighted by Gasteiger charge is -2.18. The normalized spacial score (nSPS) is 11.1. The Balaban J connectivity index is 1.57. The van der Waals surface area contributed by atoms with Crippen LogP contribution >= 0.6 is 0 Å². The molecule has 0 spiro atoms. The summed E-state index contributed by atoms with van der Waals surface area (Å²) in [4.78, 5) is 10.8. The molecule has 0 fully saturated rings. The van der Waals surface area contributed by atoms with Crippen molar-refractivity contribution in [3.05, 3.63) is 102 Å². The van der Waals surface area contributed by atoms with Gasteiger partial charge in [-0.3, -0.25) is 0 Å². The highest BCUT2D eigenvalue weighted by Gasteiger charge is 2.16. The largest absolute Gasteiger partial charge is 0.479 e. The fourth-order valence-corrected chi connectivity index (χ4v) is 3.22. The lowest BCUT2D eigenvalue weighted by atomic mass is 10.0. The summed E-state index contributed by atoms with van der Waals surface area (Å²) in [5.74, 6) is 0.00716. The first-order valence-corrected chi connectivity index (χ1v) is 9.28. The van der Waals surface area contributed by atoms with E-state index >= 15 is 0 Å². The number of para-hydroxylation sites is 1. The van der Waals surface area contributed by atoms with Crippen molar-refractivity contribution in [1.82, 2.24) is 0 Å². The molecule has 29 heavy (non-hydrogen) atoms. The zero-order valence-electron chi connectivity index (χ0n) is 15.7. The third-order valence-corrected chi connectivity index (χ3v) is 4.51. The number of carboxylic acids is 1. The van der Waals surface area contributed by atoms with Crippen LogP contribution in [0.3, 0.4) is 0 Å². The summed E-state index contributed by atoms with van der Waals surface area (Å²) in [6.45, 7) is -0.156. The number of rotatable bonds is 8. The van der Waals surface area contributed by atoms with Gasteiger partial charge in [0.15, 0.2) is 17.9 Å². The molecule has 5 nitrogen and oxygen atoms in total. The van der Waals surface area contributed by atoms with E-state index < -0.39 is 12.6 Å². The van der Waals surface area contributed by atoms with Gasteiger partial charge >= 0.3 is 5.97 Å². The van der Waals surface area contributed by atoms with E-state index in [9.17, 15) is 4.79 Å². The van der Waals surface area contributed by atoms with Crippen LogP contribution in [0, 0.1) is 0 Å². The van der Waals surface area contributed by atoms with E-state index in [2.05, 4.69) is 0 Å². The number of furan rings is 1. The molecule has 0 amide bonds. The summed E-state index contributed by atoms with van der Waals surface area (Å²) in [6, 6.07) is 27.3. The minimum atomic E-state index is -1.04. The predicted octanol–water partition coefficient (Wildman–Crippen LogP) is 5.20. The Morgan fingerprint density at radius 1 is 0.897 bits per heavy atom. The molecule has 1 aromatic heterocycles. The molecule has 146 valence electrons. The van der Waals surface area contributed by atoms with Crippen LogP contribution < -0.4 is 4.74 Å². The molecule has 1 N–H and O–H groups in total. The van der Waals surface area contributed by atoms with Crippen molar-refractivity contribution < 1.29 is 23.8 Å². The highest BCUT2D eigenvalue weighted by Crippen LogP contribution is 2.31. The average Bonchev–Trinajstić information content (AvgIpc) is 3.17. The number of fused-ring (bicyclic) bond motifs is 1. The zero-order chi connectivity index (χ0) is 20.1. The minimum Gasteiger partial charge on any atom is -0.479 e. The summed E-state index contributed by atoms with van der Waals surface area (Å²) < 4.78 is 17.5. The summed E-state index contributed by atoms with van der Waals surface area (Å²) in [5.41, 5.74) is 2.63. The molecule has 0 radical (unpaired) electrons. The number of hydrogen-bond acceptors (Lipinski definition) is 4. The summed E-state index contributed by atoms with van der Waals surface area (Å²) in [5, 5.41) is 9.67. The molecule has 0 saturated carbocycles. The smallest absolute Gasteiger partial charge is 0.341 e. The Bertz CT molecular complexity index is 1050. The molecule has 0 aliphatic carbocycles. The zero-order valence-corrected chi connectivity index (χ0v) is 15.7. The third-order valence-electron chi connectivity index (χ3n) is 4.51. The topological polar surface area (TPSA) is 68.9 Å². The highest BCUT2D eigenvalue weighted by molar-refractivity contribution is 5.84. The van der Waals surface area contributed by atoms with Crippen LogP contribution in [0.4, 0.5) is 0 Å². The lowest BCUT2D eigenvalue weighted by Crippen LogP contribution is -2.09. The number of carboxylic acid groups (broad SMARTS) is 1. The Morgan fingerprint density at radius 3 is 2.17 bits per heavy atom. The Kier molecular flexibility index (Phi) is 5.59. The second-order valence-electron chi connectivity index (χ2n) is 6.58. The van der Waals surface area contributed by atoms with Gasteiger partial charge < -0.3 is 19.0 Å². The standard InChI is InChI=1S/C24H20O5/c25-22(26)16-27-21-13-7-12-19-14-20(29-24(19)21)15-28-23(17-8-3-1-4-9-17)18-10-5-2-6-11-18/h1-14,23H,15-16H2,(H,25,26). The number of benzene rings is 3. The minimum absolute atomic E-state index is 0.228. The molecule has 0 unspecified atom stereocenters. The lowest BCUT2D eigenvalue weighted by molar-refractivity contribution is -0.139.